The molecule has 4 N–H and O–H groups in total. The molecular weight excluding hydrogens is 564 g/mol. The molecular formula is C27H22ClF2N5O4S. The zero-order valence-electron chi connectivity index (χ0n) is 19.8. The maximum atomic E-state index is 14.4. The van der Waals surface area contributed by atoms with Crippen molar-refractivity contribution < 1.29 is 22.0 Å². The Morgan fingerprint density at radius 1 is 1.10 bits per heavy atom. The van der Waals surface area contributed by atoms with E-state index < -0.39 is 38.0 Å². The SMILES string of the molecule is C.Nc1cc(Cn2c(C(=O)NS(=O)(=O)c3cc(F)ccc3F)c(-c3ccc[nH]c3=O)c3cc(Cl)ccc32)ccn1. The highest BCUT2D eigenvalue weighted by atomic mass is 35.5. The van der Waals surface area contributed by atoms with E-state index in [1.54, 1.807) is 24.3 Å². The number of nitrogen functional groups attached to an aromatic ring is 1. The van der Waals surface area contributed by atoms with E-state index in [1.807, 2.05) is 4.72 Å². The number of nitrogens with two attached hydrogens (primary N) is 1. The third-order valence-electron chi connectivity index (χ3n) is 5.92. The molecule has 9 nitrogen and oxygen atoms in total. The first-order valence-electron chi connectivity index (χ1n) is 11.3. The van der Waals surface area contributed by atoms with Crippen molar-refractivity contribution in [3.05, 3.63) is 111 Å². The Hall–Kier alpha value is -4.55. The van der Waals surface area contributed by atoms with E-state index >= 15 is 0 Å². The fourth-order valence-corrected chi connectivity index (χ4v) is 5.52. The maximum Gasteiger partial charge on any atom is 0.282 e. The Kier molecular flexibility index (Phi) is 7.76. The summed E-state index contributed by atoms with van der Waals surface area (Å²) in [5, 5.41) is 0.670. The molecule has 13 heteroatoms. The van der Waals surface area contributed by atoms with Crippen LogP contribution < -0.4 is 16.0 Å². The summed E-state index contributed by atoms with van der Waals surface area (Å²) in [4.78, 5) is 32.1. The van der Waals surface area contributed by atoms with Crippen LogP contribution in [-0.4, -0.2) is 28.9 Å². The fraction of sp³-hybridized carbons (Fsp3) is 0.0741. The number of carbonyl (C=O) groups is 1. The highest BCUT2D eigenvalue weighted by Crippen LogP contribution is 2.36. The normalized spacial score (nSPS) is 11.3. The number of hydrogen-bond acceptors (Lipinski definition) is 6. The minimum absolute atomic E-state index is 0. The Morgan fingerprint density at radius 2 is 1.88 bits per heavy atom. The number of aromatic amines is 1. The smallest absolute Gasteiger partial charge is 0.282 e. The van der Waals surface area contributed by atoms with Gasteiger partial charge in [-0.25, -0.2) is 26.9 Å². The number of halogens is 3. The monoisotopic (exact) mass is 585 g/mol. The summed E-state index contributed by atoms with van der Waals surface area (Å²) in [5.74, 6) is -3.25. The van der Waals surface area contributed by atoms with Gasteiger partial charge in [-0.15, -0.1) is 0 Å². The lowest BCUT2D eigenvalue weighted by Gasteiger charge is -2.14. The summed E-state index contributed by atoms with van der Waals surface area (Å²) < 4.78 is 57.5. The Bertz CT molecular complexity index is 1940. The number of sulfonamides is 1. The summed E-state index contributed by atoms with van der Waals surface area (Å²) >= 11 is 6.27. The first kappa shape index (κ1) is 28.5. The molecule has 40 heavy (non-hydrogen) atoms. The number of anilines is 1. The molecule has 0 spiro atoms. The number of H-pyrrole nitrogens is 1. The van der Waals surface area contributed by atoms with Crippen LogP contribution in [0.1, 0.15) is 23.5 Å². The van der Waals surface area contributed by atoms with Gasteiger partial charge in [0.15, 0.2) is 0 Å². The summed E-state index contributed by atoms with van der Waals surface area (Å²) in [6.45, 7) is 0.00666. The molecule has 1 amide bonds. The number of nitrogens with one attached hydrogen (secondary N) is 2. The van der Waals surface area contributed by atoms with Crippen molar-refractivity contribution in [2.24, 2.45) is 0 Å². The predicted molar refractivity (Wildman–Crippen MR) is 148 cm³/mol. The predicted octanol–water partition coefficient (Wildman–Crippen LogP) is 4.71. The van der Waals surface area contributed by atoms with E-state index in [2.05, 4.69) is 9.97 Å². The number of benzene rings is 2. The van der Waals surface area contributed by atoms with Crippen molar-refractivity contribution in [2.45, 2.75) is 18.9 Å². The van der Waals surface area contributed by atoms with Gasteiger partial charge >= 0.3 is 0 Å². The lowest BCUT2D eigenvalue weighted by Crippen LogP contribution is -2.33. The zero-order chi connectivity index (χ0) is 27.9. The number of hydrogen-bond donors (Lipinski definition) is 3. The quantitative estimate of drug-likeness (QED) is 0.264. The molecule has 3 aromatic heterocycles. The van der Waals surface area contributed by atoms with E-state index in [0.29, 0.717) is 33.6 Å². The molecule has 2 aromatic carbocycles. The number of amides is 1. The Morgan fingerprint density at radius 3 is 2.60 bits per heavy atom. The highest BCUT2D eigenvalue weighted by Gasteiger charge is 2.30. The topological polar surface area (TPSA) is 140 Å². The first-order chi connectivity index (χ1) is 18.5. The van der Waals surface area contributed by atoms with E-state index in [4.69, 9.17) is 17.3 Å². The molecule has 5 aromatic rings. The Balaban J connectivity index is 0.00000370. The number of aromatic nitrogens is 3. The van der Waals surface area contributed by atoms with Crippen LogP contribution in [0, 0.1) is 11.6 Å². The van der Waals surface area contributed by atoms with E-state index in [0.717, 1.165) is 6.07 Å². The van der Waals surface area contributed by atoms with Gasteiger partial charge in [-0.2, -0.15) is 0 Å². The number of nitrogens with zero attached hydrogens (tertiary/aromatic N) is 2. The van der Waals surface area contributed by atoms with Gasteiger partial charge in [-0.1, -0.05) is 19.0 Å². The molecule has 0 saturated heterocycles. The molecule has 0 aliphatic rings. The zero-order valence-corrected chi connectivity index (χ0v) is 21.4. The van der Waals surface area contributed by atoms with Gasteiger partial charge < -0.3 is 15.3 Å². The van der Waals surface area contributed by atoms with E-state index in [1.165, 1.54) is 35.2 Å². The second-order valence-electron chi connectivity index (χ2n) is 8.48. The van der Waals surface area contributed by atoms with Gasteiger partial charge in [0, 0.05) is 46.0 Å². The molecule has 3 heterocycles. The van der Waals surface area contributed by atoms with Crippen molar-refractivity contribution in [1.82, 2.24) is 19.3 Å². The molecule has 0 unspecified atom stereocenters. The van der Waals surface area contributed by atoms with Gasteiger partial charge in [-0.05, 0) is 66.2 Å². The third-order valence-corrected chi connectivity index (χ3v) is 7.51. The van der Waals surface area contributed by atoms with Crippen LogP contribution in [0.2, 0.25) is 5.02 Å². The number of carbonyl (C=O) groups excluding carboxylic acids is 1. The van der Waals surface area contributed by atoms with Crippen molar-refractivity contribution in [1.29, 1.82) is 0 Å². The summed E-state index contributed by atoms with van der Waals surface area (Å²) in [6, 6.07) is 12.8. The number of pyridine rings is 2. The molecule has 0 saturated carbocycles. The molecule has 0 bridgehead atoms. The van der Waals surface area contributed by atoms with Gasteiger partial charge in [-0.3, -0.25) is 9.59 Å². The van der Waals surface area contributed by atoms with Crippen LogP contribution in [0.25, 0.3) is 22.0 Å². The molecule has 5 rings (SSSR count). The van der Waals surface area contributed by atoms with E-state index in [-0.39, 0.29) is 36.6 Å². The van der Waals surface area contributed by atoms with E-state index in [9.17, 15) is 26.8 Å². The highest BCUT2D eigenvalue weighted by molar-refractivity contribution is 7.90. The molecule has 0 atom stereocenters. The van der Waals surface area contributed by atoms with Crippen LogP contribution in [0.4, 0.5) is 14.6 Å². The first-order valence-corrected chi connectivity index (χ1v) is 13.1. The van der Waals surface area contributed by atoms with Gasteiger partial charge in [0.1, 0.15) is 28.0 Å². The van der Waals surface area contributed by atoms with Gasteiger partial charge in [0.05, 0.1) is 0 Å². The Labute approximate surface area is 232 Å². The third kappa shape index (κ3) is 5.31. The lowest BCUT2D eigenvalue weighted by atomic mass is 10.0. The van der Waals surface area contributed by atoms with Gasteiger partial charge in [0.2, 0.25) is 0 Å². The van der Waals surface area contributed by atoms with Crippen molar-refractivity contribution >= 4 is 44.3 Å². The molecule has 0 fully saturated rings. The summed E-state index contributed by atoms with van der Waals surface area (Å²) in [5.41, 5.74) is 6.22. The van der Waals surface area contributed by atoms with Crippen LogP contribution in [-0.2, 0) is 16.6 Å². The van der Waals surface area contributed by atoms with Crippen LogP contribution in [0.3, 0.4) is 0 Å². The number of fused-ring (bicyclic) bond motifs is 1. The average molecular weight is 586 g/mol. The molecule has 0 aliphatic carbocycles. The lowest BCUT2D eigenvalue weighted by molar-refractivity contribution is 0.0974. The van der Waals surface area contributed by atoms with Crippen molar-refractivity contribution in [3.8, 4) is 11.1 Å². The molecule has 0 aliphatic heterocycles. The van der Waals surface area contributed by atoms with Crippen LogP contribution >= 0.6 is 11.6 Å². The van der Waals surface area contributed by atoms with Crippen LogP contribution in [0.5, 0.6) is 0 Å². The van der Waals surface area contributed by atoms with Crippen LogP contribution in [0.15, 0.2) is 82.7 Å². The summed E-state index contributed by atoms with van der Waals surface area (Å²) in [7, 11) is -4.88. The molecule has 206 valence electrons. The fourth-order valence-electron chi connectivity index (χ4n) is 4.30. The second-order valence-corrected chi connectivity index (χ2v) is 10.6. The maximum absolute atomic E-state index is 14.4. The average Bonchev–Trinajstić information content (AvgIpc) is 3.18. The minimum atomic E-state index is -4.88. The van der Waals surface area contributed by atoms with Gasteiger partial charge in [0.25, 0.3) is 21.5 Å². The van der Waals surface area contributed by atoms with Crippen molar-refractivity contribution in [2.75, 3.05) is 5.73 Å². The van der Waals surface area contributed by atoms with Crippen molar-refractivity contribution in [3.63, 3.8) is 0 Å². The number of rotatable bonds is 6. The second kappa shape index (κ2) is 10.9. The largest absolute Gasteiger partial charge is 0.384 e. The minimum Gasteiger partial charge on any atom is -0.384 e. The molecule has 0 radical (unpaired) electrons. The standard InChI is InChI=1S/C26H18ClF2N5O4S.CH4/c27-15-3-6-20-18(11-15)23(17-2-1-8-32-25(17)35)24(34(20)13-14-7-9-31-22(30)10-14)26(36)33-39(37,38)21-12-16(28)4-5-19(21)29;/h1-12H,13H2,(H2,30,31)(H,32,35)(H,33,36);1H4. The summed E-state index contributed by atoms with van der Waals surface area (Å²) in [6.07, 6.45) is 2.86.